The van der Waals surface area contributed by atoms with Gasteiger partial charge < -0.3 is 11.1 Å². The number of primary amides is 1. The highest BCUT2D eigenvalue weighted by Gasteiger charge is 2.31. The minimum absolute atomic E-state index is 0.148. The molecule has 2 aliphatic carbocycles. The second-order valence-electron chi connectivity index (χ2n) is 10.3. The van der Waals surface area contributed by atoms with Gasteiger partial charge in [0, 0.05) is 12.6 Å². The van der Waals surface area contributed by atoms with Crippen molar-refractivity contribution >= 4 is 44.9 Å². The van der Waals surface area contributed by atoms with E-state index in [2.05, 4.69) is 20.3 Å². The molecule has 2 aliphatic rings. The average molecular weight is 541 g/mol. The lowest BCUT2D eigenvalue weighted by molar-refractivity contribution is -0.122. The van der Waals surface area contributed by atoms with E-state index in [-0.39, 0.29) is 23.8 Å². The molecule has 11 nitrogen and oxygen atoms in total. The van der Waals surface area contributed by atoms with Crippen molar-refractivity contribution in [3.8, 4) is 0 Å². The minimum Gasteiger partial charge on any atom is -0.369 e. The van der Waals surface area contributed by atoms with Crippen molar-refractivity contribution in [3.63, 3.8) is 0 Å². The molecule has 12 heteroatoms. The van der Waals surface area contributed by atoms with Crippen molar-refractivity contribution in [3.05, 3.63) is 36.0 Å². The third-order valence-corrected chi connectivity index (χ3v) is 8.75. The van der Waals surface area contributed by atoms with Crippen LogP contribution in [0.25, 0.3) is 11.2 Å². The molecule has 0 aliphatic heterocycles. The van der Waals surface area contributed by atoms with Crippen molar-refractivity contribution in [2.24, 2.45) is 16.8 Å². The number of nitrogens with one attached hydrogen (secondary N) is 1. The molecule has 2 heterocycles. The van der Waals surface area contributed by atoms with Gasteiger partial charge in [0.05, 0.1) is 17.8 Å². The van der Waals surface area contributed by atoms with E-state index in [1.54, 1.807) is 22.9 Å². The van der Waals surface area contributed by atoms with Gasteiger partial charge in [-0.05, 0) is 56.2 Å². The van der Waals surface area contributed by atoms with Gasteiger partial charge in [-0.3, -0.25) is 9.36 Å². The maximum atomic E-state index is 12.9. The first-order valence-corrected chi connectivity index (χ1v) is 15.0. The lowest BCUT2D eigenvalue weighted by Crippen LogP contribution is -2.40. The van der Waals surface area contributed by atoms with Crippen LogP contribution in [0.1, 0.15) is 76.2 Å². The molecule has 1 amide bonds. The van der Waals surface area contributed by atoms with Crippen LogP contribution in [0.4, 0.5) is 17.6 Å². The summed E-state index contributed by atoms with van der Waals surface area (Å²) in [6, 6.07) is 7.41. The number of nitrogens with zero attached hydrogens (tertiary/aromatic N) is 5. The highest BCUT2D eigenvalue weighted by molar-refractivity contribution is 7.90. The maximum absolute atomic E-state index is 12.9. The zero-order chi connectivity index (χ0) is 26.9. The summed E-state index contributed by atoms with van der Waals surface area (Å²) in [4.78, 5) is 25.6. The van der Waals surface area contributed by atoms with Gasteiger partial charge in [-0.1, -0.05) is 44.2 Å². The average Bonchev–Trinajstić information content (AvgIpc) is 3.26. The molecule has 2 saturated carbocycles. The van der Waals surface area contributed by atoms with Crippen molar-refractivity contribution in [2.45, 2.75) is 83.2 Å². The van der Waals surface area contributed by atoms with E-state index >= 15 is 0 Å². The molecule has 5 N–H and O–H groups in total. The Hall–Kier alpha value is -3.25. The SMILES string of the molecule is CCn1c(N(c2ccc(C3CCCCC3)cc2)S(N)(=O)=O)nc2cnc(N[C@H]3CCCC[C@H]3C(N)=O)nc21. The van der Waals surface area contributed by atoms with Crippen molar-refractivity contribution in [2.75, 3.05) is 9.62 Å². The number of aryl methyl sites for hydroxylation is 1. The molecule has 0 unspecified atom stereocenters. The Morgan fingerprint density at radius 3 is 2.39 bits per heavy atom. The first-order chi connectivity index (χ1) is 18.3. The predicted octanol–water partition coefficient (Wildman–Crippen LogP) is 3.69. The van der Waals surface area contributed by atoms with Crippen LogP contribution in [0.2, 0.25) is 0 Å². The minimum atomic E-state index is -4.20. The summed E-state index contributed by atoms with van der Waals surface area (Å²) >= 11 is 0. The number of hydrogen-bond acceptors (Lipinski definition) is 7. The van der Waals surface area contributed by atoms with Gasteiger partial charge >= 0.3 is 10.2 Å². The van der Waals surface area contributed by atoms with E-state index in [4.69, 9.17) is 10.9 Å². The molecule has 1 aromatic carbocycles. The van der Waals surface area contributed by atoms with Crippen LogP contribution >= 0.6 is 0 Å². The molecule has 0 spiro atoms. The number of nitrogens with two attached hydrogens (primary N) is 2. The molecular weight excluding hydrogens is 504 g/mol. The summed E-state index contributed by atoms with van der Waals surface area (Å²) in [7, 11) is -4.20. The molecule has 38 heavy (non-hydrogen) atoms. The number of anilines is 3. The largest absolute Gasteiger partial charge is 0.369 e. The Morgan fingerprint density at radius 1 is 1.05 bits per heavy atom. The highest BCUT2D eigenvalue weighted by Crippen LogP contribution is 2.35. The summed E-state index contributed by atoms with van der Waals surface area (Å²) in [5, 5.41) is 8.99. The fourth-order valence-corrected chi connectivity index (χ4v) is 6.71. The van der Waals surface area contributed by atoms with Crippen molar-refractivity contribution < 1.29 is 13.2 Å². The summed E-state index contributed by atoms with van der Waals surface area (Å²) in [6.45, 7) is 2.29. The van der Waals surface area contributed by atoms with Gasteiger partial charge in [0.2, 0.25) is 17.8 Å². The Bertz CT molecular complexity index is 1400. The van der Waals surface area contributed by atoms with E-state index < -0.39 is 10.2 Å². The molecule has 2 atom stereocenters. The summed E-state index contributed by atoms with van der Waals surface area (Å²) in [5.74, 6) is 0.373. The maximum Gasteiger partial charge on any atom is 0.305 e. The number of hydrogen-bond donors (Lipinski definition) is 3. The van der Waals surface area contributed by atoms with E-state index in [0.29, 0.717) is 35.3 Å². The number of benzene rings is 1. The van der Waals surface area contributed by atoms with Gasteiger partial charge in [0.25, 0.3) is 0 Å². The van der Waals surface area contributed by atoms with E-state index in [1.807, 2.05) is 19.1 Å². The van der Waals surface area contributed by atoms with E-state index in [9.17, 15) is 13.2 Å². The summed E-state index contributed by atoms with van der Waals surface area (Å²) in [5.41, 5.74) is 8.16. The molecule has 2 aromatic heterocycles. The lowest BCUT2D eigenvalue weighted by atomic mass is 9.84. The fourth-order valence-electron chi connectivity index (χ4n) is 5.93. The number of aromatic nitrogens is 4. The normalized spacial score (nSPS) is 20.9. The van der Waals surface area contributed by atoms with Crippen LogP contribution in [0.5, 0.6) is 0 Å². The Kier molecular flexibility index (Phi) is 7.53. The Labute approximate surface area is 223 Å². The van der Waals surface area contributed by atoms with Crippen LogP contribution in [0.3, 0.4) is 0 Å². The van der Waals surface area contributed by atoms with Gasteiger partial charge in [-0.15, -0.1) is 0 Å². The molecule has 2 fully saturated rings. The van der Waals surface area contributed by atoms with Crippen LogP contribution in [-0.4, -0.2) is 39.9 Å². The monoisotopic (exact) mass is 540 g/mol. The van der Waals surface area contributed by atoms with Crippen LogP contribution in [0, 0.1) is 5.92 Å². The van der Waals surface area contributed by atoms with Gasteiger partial charge in [0.15, 0.2) is 5.65 Å². The summed E-state index contributed by atoms with van der Waals surface area (Å²) in [6.07, 6.45) is 11.0. The smallest absolute Gasteiger partial charge is 0.305 e. The molecule has 0 saturated heterocycles. The van der Waals surface area contributed by atoms with E-state index in [0.717, 1.165) is 42.8 Å². The van der Waals surface area contributed by atoms with Gasteiger partial charge in [-0.2, -0.15) is 17.7 Å². The topological polar surface area (TPSA) is 162 Å². The van der Waals surface area contributed by atoms with Crippen LogP contribution < -0.4 is 20.5 Å². The number of fused-ring (bicyclic) bond motifs is 1. The molecule has 0 bridgehead atoms. The van der Waals surface area contributed by atoms with E-state index in [1.165, 1.54) is 24.8 Å². The van der Waals surface area contributed by atoms with Crippen LogP contribution in [0.15, 0.2) is 30.5 Å². The number of imidazole rings is 1. The third-order valence-electron chi connectivity index (χ3n) is 7.87. The van der Waals surface area contributed by atoms with Crippen LogP contribution in [-0.2, 0) is 21.5 Å². The number of carbonyl (C=O) groups excluding carboxylic acids is 1. The zero-order valence-corrected chi connectivity index (χ0v) is 22.5. The van der Waals surface area contributed by atoms with Gasteiger partial charge in [0.1, 0.15) is 5.52 Å². The molecule has 0 radical (unpaired) electrons. The van der Waals surface area contributed by atoms with Crippen molar-refractivity contribution in [1.29, 1.82) is 0 Å². The molecule has 204 valence electrons. The molecular formula is C26H36N8O3S. The summed E-state index contributed by atoms with van der Waals surface area (Å²) < 4.78 is 28.5. The fraction of sp³-hybridized carbons (Fsp3) is 0.538. The number of amides is 1. The Balaban J connectivity index is 1.49. The quantitative estimate of drug-likeness (QED) is 0.392. The second kappa shape index (κ2) is 10.9. The first-order valence-electron chi connectivity index (χ1n) is 13.5. The second-order valence-corrected chi connectivity index (χ2v) is 11.7. The Morgan fingerprint density at radius 2 is 1.74 bits per heavy atom. The molecule has 5 rings (SSSR count). The molecule has 3 aromatic rings. The third kappa shape index (κ3) is 5.32. The lowest BCUT2D eigenvalue weighted by Gasteiger charge is -2.29. The van der Waals surface area contributed by atoms with Gasteiger partial charge in [-0.25, -0.2) is 15.1 Å². The highest BCUT2D eigenvalue weighted by atomic mass is 32.2. The first kappa shape index (κ1) is 26.4. The number of carbonyl (C=O) groups is 1. The predicted molar refractivity (Wildman–Crippen MR) is 147 cm³/mol. The zero-order valence-electron chi connectivity index (χ0n) is 21.7. The standard InChI is InChI=1S/C26H36N8O3S/c1-2-33-24-22(16-29-25(32-24)30-21-11-7-6-10-20(21)23(27)35)31-26(33)34(38(28,36)37)19-14-12-18(13-15-19)17-8-4-3-5-9-17/h12-17,20-21H,2-11H2,1H3,(H2,27,35)(H2,28,36,37)(H,29,30,32)/t20-,21+/m1/s1. The number of rotatable bonds is 8. The van der Waals surface area contributed by atoms with Crippen molar-refractivity contribution in [1.82, 2.24) is 19.5 Å².